The quantitative estimate of drug-likeness (QED) is 0.898. The summed E-state index contributed by atoms with van der Waals surface area (Å²) in [4.78, 5) is 0. The summed E-state index contributed by atoms with van der Waals surface area (Å²) in [6, 6.07) is 7.82. The zero-order chi connectivity index (χ0) is 13.8. The van der Waals surface area contributed by atoms with Crippen molar-refractivity contribution in [2.45, 2.75) is 13.0 Å². The summed E-state index contributed by atoms with van der Waals surface area (Å²) in [6.07, 6.45) is 1.70. The number of furan rings is 1. The molecular weight excluding hydrogens is 242 g/mol. The predicted octanol–water partition coefficient (Wildman–Crippen LogP) is 2.91. The summed E-state index contributed by atoms with van der Waals surface area (Å²) < 4.78 is 16.1. The van der Waals surface area contributed by atoms with Gasteiger partial charge < -0.3 is 19.2 Å². The first kappa shape index (κ1) is 13.5. The molecule has 1 unspecified atom stereocenters. The fourth-order valence-corrected chi connectivity index (χ4v) is 2.23. The van der Waals surface area contributed by atoms with Gasteiger partial charge in [0.15, 0.2) is 0 Å². The maximum absolute atomic E-state index is 5.46. The van der Waals surface area contributed by atoms with Gasteiger partial charge in [-0.3, -0.25) is 0 Å². The molecule has 0 amide bonds. The SMILES string of the molecule is CNC(c1ccc(OC)cc1OC)c1ccoc1C. The molecule has 0 radical (unpaired) electrons. The second-order valence-corrected chi connectivity index (χ2v) is 4.26. The van der Waals surface area contributed by atoms with Gasteiger partial charge in [0.25, 0.3) is 0 Å². The average Bonchev–Trinajstić information content (AvgIpc) is 2.86. The highest BCUT2D eigenvalue weighted by Crippen LogP contribution is 2.34. The highest BCUT2D eigenvalue weighted by Gasteiger charge is 2.20. The van der Waals surface area contributed by atoms with Crippen LogP contribution in [0.15, 0.2) is 34.9 Å². The Labute approximate surface area is 113 Å². The van der Waals surface area contributed by atoms with Crippen LogP contribution in [0, 0.1) is 6.92 Å². The van der Waals surface area contributed by atoms with Crippen LogP contribution in [0.1, 0.15) is 22.9 Å². The van der Waals surface area contributed by atoms with Crippen LogP contribution in [0.4, 0.5) is 0 Å². The van der Waals surface area contributed by atoms with Gasteiger partial charge in [-0.25, -0.2) is 0 Å². The monoisotopic (exact) mass is 261 g/mol. The van der Waals surface area contributed by atoms with Crippen LogP contribution in [0.25, 0.3) is 0 Å². The molecule has 4 nitrogen and oxygen atoms in total. The summed E-state index contributed by atoms with van der Waals surface area (Å²) in [6.45, 7) is 1.95. The van der Waals surface area contributed by atoms with Gasteiger partial charge in [-0.1, -0.05) is 0 Å². The summed E-state index contributed by atoms with van der Waals surface area (Å²) in [5, 5.41) is 3.29. The Balaban J connectivity index is 2.46. The molecule has 1 N–H and O–H groups in total. The minimum absolute atomic E-state index is 0.0274. The number of ether oxygens (including phenoxy) is 2. The van der Waals surface area contributed by atoms with E-state index in [1.807, 2.05) is 38.2 Å². The van der Waals surface area contributed by atoms with Crippen LogP contribution in [0.2, 0.25) is 0 Å². The Bertz CT molecular complexity index is 548. The molecule has 0 saturated heterocycles. The first-order chi connectivity index (χ1) is 9.21. The second-order valence-electron chi connectivity index (χ2n) is 4.26. The van der Waals surface area contributed by atoms with Crippen LogP contribution < -0.4 is 14.8 Å². The topological polar surface area (TPSA) is 43.6 Å². The van der Waals surface area contributed by atoms with Crippen molar-refractivity contribution in [3.8, 4) is 11.5 Å². The lowest BCUT2D eigenvalue weighted by Crippen LogP contribution is -2.18. The minimum Gasteiger partial charge on any atom is -0.497 e. The number of rotatable bonds is 5. The molecule has 0 aliphatic carbocycles. The molecule has 2 aromatic rings. The smallest absolute Gasteiger partial charge is 0.127 e. The van der Waals surface area contributed by atoms with E-state index in [0.29, 0.717) is 0 Å². The number of methoxy groups -OCH3 is 2. The molecular formula is C15H19NO3. The Kier molecular flexibility index (Phi) is 4.12. The number of hydrogen-bond acceptors (Lipinski definition) is 4. The van der Waals surface area contributed by atoms with Crippen molar-refractivity contribution in [1.29, 1.82) is 0 Å². The zero-order valence-electron chi connectivity index (χ0n) is 11.7. The summed E-state index contributed by atoms with van der Waals surface area (Å²) in [5.74, 6) is 2.47. The molecule has 102 valence electrons. The highest BCUT2D eigenvalue weighted by molar-refractivity contribution is 5.46. The molecule has 1 heterocycles. The van der Waals surface area contributed by atoms with E-state index in [0.717, 1.165) is 28.4 Å². The molecule has 2 rings (SSSR count). The molecule has 0 aliphatic rings. The first-order valence-electron chi connectivity index (χ1n) is 6.14. The first-order valence-corrected chi connectivity index (χ1v) is 6.14. The van der Waals surface area contributed by atoms with Crippen molar-refractivity contribution in [3.63, 3.8) is 0 Å². The Morgan fingerprint density at radius 2 is 1.89 bits per heavy atom. The fraction of sp³-hybridized carbons (Fsp3) is 0.333. The van der Waals surface area contributed by atoms with E-state index in [-0.39, 0.29) is 6.04 Å². The van der Waals surface area contributed by atoms with Crippen LogP contribution in [-0.4, -0.2) is 21.3 Å². The van der Waals surface area contributed by atoms with E-state index in [1.54, 1.807) is 20.5 Å². The van der Waals surface area contributed by atoms with Gasteiger partial charge in [0.05, 0.1) is 26.5 Å². The molecule has 19 heavy (non-hydrogen) atoms. The lowest BCUT2D eigenvalue weighted by Gasteiger charge is -2.19. The van der Waals surface area contributed by atoms with Crippen molar-refractivity contribution in [2.24, 2.45) is 0 Å². The molecule has 0 fully saturated rings. The van der Waals surface area contributed by atoms with E-state index < -0.39 is 0 Å². The normalized spacial score (nSPS) is 12.2. The number of hydrogen-bond donors (Lipinski definition) is 1. The van der Waals surface area contributed by atoms with Gasteiger partial charge in [-0.2, -0.15) is 0 Å². The summed E-state index contributed by atoms with van der Waals surface area (Å²) >= 11 is 0. The van der Waals surface area contributed by atoms with Crippen molar-refractivity contribution in [1.82, 2.24) is 5.32 Å². The summed E-state index contributed by atoms with van der Waals surface area (Å²) in [7, 11) is 5.22. The lowest BCUT2D eigenvalue weighted by atomic mass is 9.98. The predicted molar refractivity (Wildman–Crippen MR) is 73.9 cm³/mol. The Morgan fingerprint density at radius 3 is 2.42 bits per heavy atom. The summed E-state index contributed by atoms with van der Waals surface area (Å²) in [5.41, 5.74) is 2.15. The lowest BCUT2D eigenvalue weighted by molar-refractivity contribution is 0.388. The van der Waals surface area contributed by atoms with Gasteiger partial charge in [-0.05, 0) is 32.2 Å². The van der Waals surface area contributed by atoms with Crippen LogP contribution >= 0.6 is 0 Å². The average molecular weight is 261 g/mol. The van der Waals surface area contributed by atoms with E-state index in [9.17, 15) is 0 Å². The Morgan fingerprint density at radius 1 is 1.11 bits per heavy atom. The standard InChI is InChI=1S/C15H19NO3/c1-10-12(7-8-19-10)15(16-2)13-6-5-11(17-3)9-14(13)18-4/h5-9,15-16H,1-4H3. The molecule has 1 aromatic carbocycles. The second kappa shape index (κ2) is 5.80. The van der Waals surface area contributed by atoms with Crippen LogP contribution in [0.5, 0.6) is 11.5 Å². The van der Waals surface area contributed by atoms with E-state index in [4.69, 9.17) is 13.9 Å². The number of benzene rings is 1. The van der Waals surface area contributed by atoms with Gasteiger partial charge in [0.1, 0.15) is 17.3 Å². The molecule has 0 spiro atoms. The maximum atomic E-state index is 5.46. The van der Waals surface area contributed by atoms with Crippen molar-refractivity contribution in [2.75, 3.05) is 21.3 Å². The Hall–Kier alpha value is -1.94. The molecule has 1 atom stereocenters. The molecule has 0 aliphatic heterocycles. The van der Waals surface area contributed by atoms with E-state index >= 15 is 0 Å². The highest BCUT2D eigenvalue weighted by atomic mass is 16.5. The van der Waals surface area contributed by atoms with Gasteiger partial charge >= 0.3 is 0 Å². The third-order valence-electron chi connectivity index (χ3n) is 3.25. The molecule has 4 heteroatoms. The number of aryl methyl sites for hydroxylation is 1. The van der Waals surface area contributed by atoms with E-state index in [2.05, 4.69) is 5.32 Å². The zero-order valence-corrected chi connectivity index (χ0v) is 11.7. The largest absolute Gasteiger partial charge is 0.497 e. The van der Waals surface area contributed by atoms with Crippen LogP contribution in [-0.2, 0) is 0 Å². The van der Waals surface area contributed by atoms with Gasteiger partial charge in [-0.15, -0.1) is 0 Å². The van der Waals surface area contributed by atoms with Gasteiger partial charge in [0, 0.05) is 17.2 Å². The van der Waals surface area contributed by atoms with Gasteiger partial charge in [0.2, 0.25) is 0 Å². The van der Waals surface area contributed by atoms with Crippen molar-refractivity contribution < 1.29 is 13.9 Å². The fourth-order valence-electron chi connectivity index (χ4n) is 2.23. The molecule has 0 bridgehead atoms. The minimum atomic E-state index is 0.0274. The van der Waals surface area contributed by atoms with Crippen LogP contribution in [0.3, 0.4) is 0 Å². The number of nitrogens with one attached hydrogen (secondary N) is 1. The van der Waals surface area contributed by atoms with Crippen molar-refractivity contribution >= 4 is 0 Å². The van der Waals surface area contributed by atoms with Crippen molar-refractivity contribution in [3.05, 3.63) is 47.4 Å². The van der Waals surface area contributed by atoms with E-state index in [1.165, 1.54) is 0 Å². The molecule has 1 aromatic heterocycles. The third-order valence-corrected chi connectivity index (χ3v) is 3.25. The molecule has 0 saturated carbocycles. The third kappa shape index (κ3) is 2.58. The maximum Gasteiger partial charge on any atom is 0.127 e.